The van der Waals surface area contributed by atoms with E-state index in [0.717, 1.165) is 48.7 Å². The van der Waals surface area contributed by atoms with Gasteiger partial charge in [-0.3, -0.25) is 0 Å². The zero-order valence-corrected chi connectivity index (χ0v) is 22.4. The van der Waals surface area contributed by atoms with Gasteiger partial charge in [-0.25, -0.2) is 0 Å². The minimum Gasteiger partial charge on any atom is -0.490 e. The highest BCUT2D eigenvalue weighted by Gasteiger charge is 2.34. The van der Waals surface area contributed by atoms with E-state index in [-0.39, 0.29) is 12.0 Å². The number of β-amino-alcohol motifs (C(OH)–C–C–N with tert-alkyl or cyclic N) is 1. The fraction of sp³-hybridized carbons (Fsp3) is 0.400. The van der Waals surface area contributed by atoms with Crippen LogP contribution in [0.15, 0.2) is 66.7 Å². The first kappa shape index (κ1) is 26.8. The fourth-order valence-corrected chi connectivity index (χ4v) is 5.32. The molecule has 0 aliphatic carbocycles. The molecule has 2 N–H and O–H groups in total. The second kappa shape index (κ2) is 12.8. The van der Waals surface area contributed by atoms with Crippen LogP contribution in [0.3, 0.4) is 0 Å². The van der Waals surface area contributed by atoms with Crippen molar-refractivity contribution < 1.29 is 24.1 Å². The Bertz CT molecular complexity index is 1190. The second-order valence-corrected chi connectivity index (χ2v) is 10.1. The monoisotopic (exact) mass is 538 g/mol. The lowest BCUT2D eigenvalue weighted by Gasteiger charge is -2.36. The summed E-state index contributed by atoms with van der Waals surface area (Å²) < 4.78 is 23.5. The lowest BCUT2D eigenvalue weighted by molar-refractivity contribution is -0.0328. The largest absolute Gasteiger partial charge is 0.490 e. The summed E-state index contributed by atoms with van der Waals surface area (Å²) in [6.45, 7) is 4.85. The molecule has 2 aliphatic rings. The Morgan fingerprint density at radius 3 is 2.74 bits per heavy atom. The van der Waals surface area contributed by atoms with Crippen molar-refractivity contribution in [3.05, 3.63) is 82.9 Å². The number of rotatable bonds is 10. The van der Waals surface area contributed by atoms with Gasteiger partial charge in [0.1, 0.15) is 23.9 Å². The average Bonchev–Trinajstić information content (AvgIpc) is 2.93. The number of halogens is 1. The number of benzene rings is 3. The number of fused-ring (bicyclic) bond motifs is 1. The molecule has 0 bridgehead atoms. The molecule has 2 heterocycles. The molecule has 38 heavy (non-hydrogen) atoms. The third-order valence-electron chi connectivity index (χ3n) is 7.03. The SMILES string of the molecule is COCCCN1CCOc2ccc(CO[C@H]3CNC[C@@H](O)[C@@H]3c3ccc(Oc4cccc(Cl)c4)cc3)cc21. The summed E-state index contributed by atoms with van der Waals surface area (Å²) >= 11 is 6.07. The number of hydrogen-bond acceptors (Lipinski definition) is 7. The third-order valence-corrected chi connectivity index (χ3v) is 7.27. The van der Waals surface area contributed by atoms with Gasteiger partial charge in [-0.05, 0) is 60.0 Å². The summed E-state index contributed by atoms with van der Waals surface area (Å²) in [6.07, 6.45) is 0.234. The van der Waals surface area contributed by atoms with Crippen molar-refractivity contribution in [2.24, 2.45) is 0 Å². The first-order valence-electron chi connectivity index (χ1n) is 13.1. The summed E-state index contributed by atoms with van der Waals surface area (Å²) in [7, 11) is 1.73. The Labute approximate surface area is 229 Å². The van der Waals surface area contributed by atoms with Crippen molar-refractivity contribution in [1.82, 2.24) is 5.32 Å². The minimum atomic E-state index is -0.554. The molecular formula is C30H35ClN2O5. The summed E-state index contributed by atoms with van der Waals surface area (Å²) in [5.41, 5.74) is 3.20. The van der Waals surface area contributed by atoms with Gasteiger partial charge in [-0.1, -0.05) is 35.9 Å². The predicted molar refractivity (Wildman–Crippen MR) is 149 cm³/mol. The topological polar surface area (TPSA) is 72.4 Å². The summed E-state index contributed by atoms with van der Waals surface area (Å²) in [4.78, 5) is 2.35. The molecule has 0 radical (unpaired) electrons. The summed E-state index contributed by atoms with van der Waals surface area (Å²) in [5.74, 6) is 2.15. The highest BCUT2D eigenvalue weighted by atomic mass is 35.5. The quantitative estimate of drug-likeness (QED) is 0.352. The number of hydrogen-bond donors (Lipinski definition) is 2. The van der Waals surface area contributed by atoms with Crippen LogP contribution >= 0.6 is 11.6 Å². The van der Waals surface area contributed by atoms with Crippen LogP contribution in [0.1, 0.15) is 23.5 Å². The molecule has 2 aliphatic heterocycles. The number of ether oxygens (including phenoxy) is 4. The number of aliphatic hydroxyl groups is 1. The van der Waals surface area contributed by atoms with E-state index in [1.54, 1.807) is 13.2 Å². The molecule has 202 valence electrons. The molecule has 0 saturated carbocycles. The first-order valence-corrected chi connectivity index (χ1v) is 13.5. The van der Waals surface area contributed by atoms with Gasteiger partial charge >= 0.3 is 0 Å². The van der Waals surface area contributed by atoms with Crippen LogP contribution in [0.4, 0.5) is 5.69 Å². The summed E-state index contributed by atoms with van der Waals surface area (Å²) in [5, 5.41) is 14.8. The van der Waals surface area contributed by atoms with Crippen molar-refractivity contribution in [2.45, 2.75) is 31.2 Å². The van der Waals surface area contributed by atoms with Gasteiger partial charge in [0, 0.05) is 44.3 Å². The number of aliphatic hydroxyl groups excluding tert-OH is 1. The Morgan fingerprint density at radius 2 is 1.92 bits per heavy atom. The Balaban J connectivity index is 1.25. The number of anilines is 1. The van der Waals surface area contributed by atoms with Crippen LogP contribution in [-0.2, 0) is 16.1 Å². The van der Waals surface area contributed by atoms with Gasteiger partial charge in [0.15, 0.2) is 0 Å². The zero-order chi connectivity index (χ0) is 26.3. The number of nitrogens with one attached hydrogen (secondary N) is 1. The smallest absolute Gasteiger partial charge is 0.142 e. The van der Waals surface area contributed by atoms with E-state index >= 15 is 0 Å². The maximum atomic E-state index is 10.9. The van der Waals surface area contributed by atoms with Crippen LogP contribution in [0, 0.1) is 0 Å². The maximum Gasteiger partial charge on any atom is 0.142 e. The van der Waals surface area contributed by atoms with Crippen LogP contribution in [0.5, 0.6) is 17.2 Å². The third kappa shape index (κ3) is 6.60. The number of nitrogens with zero attached hydrogens (tertiary/aromatic N) is 1. The standard InChI is InChI=1S/C30H35ClN2O5/c1-35-14-3-12-33-13-15-36-28-11-6-21(16-26(28)33)20-37-29-19-32-18-27(34)30(29)22-7-9-24(10-8-22)38-25-5-2-4-23(31)17-25/h2,4-11,16-17,27,29-30,32,34H,3,12-15,18-20H2,1H3/t27-,29+,30+/m1/s1. The normalized spacial score (nSPS) is 21.0. The minimum absolute atomic E-state index is 0.150. The summed E-state index contributed by atoms with van der Waals surface area (Å²) in [6, 6.07) is 21.4. The van der Waals surface area contributed by atoms with Crippen LogP contribution in [0.2, 0.25) is 5.02 Å². The van der Waals surface area contributed by atoms with Crippen LogP contribution < -0.4 is 19.7 Å². The lowest BCUT2D eigenvalue weighted by atomic mass is 9.85. The van der Waals surface area contributed by atoms with E-state index in [2.05, 4.69) is 22.3 Å². The maximum absolute atomic E-state index is 10.9. The van der Waals surface area contributed by atoms with Gasteiger partial charge in [0.2, 0.25) is 0 Å². The molecule has 5 rings (SSSR count). The predicted octanol–water partition coefficient (Wildman–Crippen LogP) is 5.00. The highest BCUT2D eigenvalue weighted by Crippen LogP contribution is 2.35. The second-order valence-electron chi connectivity index (χ2n) is 9.71. The number of piperidine rings is 1. The first-order chi connectivity index (χ1) is 18.6. The molecule has 1 fully saturated rings. The van der Waals surface area contributed by atoms with Gasteiger partial charge in [0.25, 0.3) is 0 Å². The number of methoxy groups -OCH3 is 1. The molecule has 1 saturated heterocycles. The van der Waals surface area contributed by atoms with Crippen molar-refractivity contribution in [3.8, 4) is 17.2 Å². The van der Waals surface area contributed by atoms with Gasteiger partial charge in [-0.2, -0.15) is 0 Å². The van der Waals surface area contributed by atoms with E-state index in [9.17, 15) is 5.11 Å². The van der Waals surface area contributed by atoms with E-state index in [0.29, 0.717) is 42.8 Å². The molecule has 0 unspecified atom stereocenters. The van der Waals surface area contributed by atoms with Gasteiger partial charge in [0.05, 0.1) is 31.0 Å². The molecule has 3 atom stereocenters. The molecule has 3 aromatic carbocycles. The van der Waals surface area contributed by atoms with E-state index in [4.69, 9.17) is 30.5 Å². The molecule has 0 spiro atoms. The molecule has 0 aromatic heterocycles. The average molecular weight is 539 g/mol. The van der Waals surface area contributed by atoms with Crippen LogP contribution in [0.25, 0.3) is 0 Å². The highest BCUT2D eigenvalue weighted by molar-refractivity contribution is 6.30. The molecule has 0 amide bonds. The Hall–Kier alpha value is -2.81. The van der Waals surface area contributed by atoms with E-state index in [1.165, 1.54) is 0 Å². The van der Waals surface area contributed by atoms with Gasteiger partial charge in [-0.15, -0.1) is 0 Å². The Kier molecular flexibility index (Phi) is 9.04. The van der Waals surface area contributed by atoms with Crippen molar-refractivity contribution in [2.75, 3.05) is 51.4 Å². The zero-order valence-electron chi connectivity index (χ0n) is 21.6. The van der Waals surface area contributed by atoms with Crippen molar-refractivity contribution in [1.29, 1.82) is 0 Å². The van der Waals surface area contributed by atoms with Crippen LogP contribution in [-0.4, -0.2) is 63.8 Å². The van der Waals surface area contributed by atoms with Crippen molar-refractivity contribution >= 4 is 17.3 Å². The van der Waals surface area contributed by atoms with Gasteiger partial charge < -0.3 is 34.3 Å². The van der Waals surface area contributed by atoms with Crippen molar-refractivity contribution in [3.63, 3.8) is 0 Å². The molecule has 8 heteroatoms. The lowest BCUT2D eigenvalue weighted by Crippen LogP contribution is -2.49. The molecule has 3 aromatic rings. The Morgan fingerprint density at radius 1 is 1.05 bits per heavy atom. The molecular weight excluding hydrogens is 504 g/mol. The van der Waals surface area contributed by atoms with E-state index < -0.39 is 6.10 Å². The molecule has 7 nitrogen and oxygen atoms in total. The van der Waals surface area contributed by atoms with E-state index in [1.807, 2.05) is 48.5 Å². The fourth-order valence-electron chi connectivity index (χ4n) is 5.14.